The van der Waals surface area contributed by atoms with Crippen LogP contribution < -0.4 is 0 Å². The summed E-state index contributed by atoms with van der Waals surface area (Å²) in [7, 11) is -1.21. The van der Waals surface area contributed by atoms with E-state index in [-0.39, 0.29) is 4.75 Å². The Kier molecular flexibility index (Phi) is 3.03. The van der Waals surface area contributed by atoms with Crippen LogP contribution in [-0.4, -0.2) is 15.2 Å². The van der Waals surface area contributed by atoms with Gasteiger partial charge in [-0.25, -0.2) is 4.21 Å². The number of furan rings is 1. The third kappa shape index (κ3) is 3.14. The molecular weight excluding hydrogens is 186 g/mol. The quantitative estimate of drug-likeness (QED) is 0.685. The molecule has 0 aliphatic carbocycles. The molecule has 1 unspecified atom stereocenters. The third-order valence-electron chi connectivity index (χ3n) is 1.34. The van der Waals surface area contributed by atoms with Crippen molar-refractivity contribution in [2.45, 2.75) is 25.5 Å². The van der Waals surface area contributed by atoms with Gasteiger partial charge in [0.15, 0.2) is 0 Å². The van der Waals surface area contributed by atoms with Crippen molar-refractivity contribution >= 4 is 17.2 Å². The molecule has 0 fully saturated rings. The molecule has 0 N–H and O–H groups in total. The van der Waals surface area contributed by atoms with Crippen LogP contribution in [0.25, 0.3) is 0 Å². The largest absolute Gasteiger partial charge is 0.463 e. The highest BCUT2D eigenvalue weighted by molar-refractivity contribution is 7.85. The van der Waals surface area contributed by atoms with Gasteiger partial charge in [-0.05, 0) is 32.9 Å². The molecule has 0 amide bonds. The van der Waals surface area contributed by atoms with Crippen molar-refractivity contribution in [1.29, 1.82) is 0 Å². The average molecular weight is 199 g/mol. The summed E-state index contributed by atoms with van der Waals surface area (Å²) in [5.74, 6) is 0.623. The molecular formula is C9H13NO2S. The summed E-state index contributed by atoms with van der Waals surface area (Å²) in [6.45, 7) is 5.63. The molecule has 0 aliphatic rings. The number of hydrogen-bond donors (Lipinski definition) is 0. The molecule has 1 rings (SSSR count). The van der Waals surface area contributed by atoms with Crippen LogP contribution in [0.3, 0.4) is 0 Å². The van der Waals surface area contributed by atoms with Crippen LogP contribution in [0.2, 0.25) is 0 Å². The van der Waals surface area contributed by atoms with Crippen molar-refractivity contribution in [3.63, 3.8) is 0 Å². The number of hydrogen-bond acceptors (Lipinski definition) is 2. The van der Waals surface area contributed by atoms with Gasteiger partial charge in [-0.3, -0.25) is 0 Å². The second-order valence-corrected chi connectivity index (χ2v) is 5.55. The fourth-order valence-corrected chi connectivity index (χ4v) is 1.14. The lowest BCUT2D eigenvalue weighted by Crippen LogP contribution is -2.19. The van der Waals surface area contributed by atoms with Crippen LogP contribution in [0.1, 0.15) is 26.5 Å². The lowest BCUT2D eigenvalue weighted by Gasteiger charge is -2.12. The Morgan fingerprint density at radius 2 is 2.23 bits per heavy atom. The molecule has 0 aliphatic heterocycles. The second-order valence-electron chi connectivity index (χ2n) is 3.61. The summed E-state index contributed by atoms with van der Waals surface area (Å²) in [4.78, 5) is 0. The maximum atomic E-state index is 11.4. The monoisotopic (exact) mass is 199 g/mol. The lowest BCUT2D eigenvalue weighted by atomic mass is 10.3. The average Bonchev–Trinajstić information content (AvgIpc) is 2.50. The standard InChI is InChI=1S/C9H13NO2S/c1-9(2,3)13(11)10-7-8-5-4-6-12-8/h4-7H,1-3H3. The Hall–Kier alpha value is -0.900. The van der Waals surface area contributed by atoms with Crippen LogP contribution in [-0.2, 0) is 11.0 Å². The summed E-state index contributed by atoms with van der Waals surface area (Å²) < 4.78 is 20.0. The smallest absolute Gasteiger partial charge is 0.145 e. The van der Waals surface area contributed by atoms with Gasteiger partial charge in [0.25, 0.3) is 0 Å². The second kappa shape index (κ2) is 3.87. The van der Waals surface area contributed by atoms with Crippen LogP contribution in [0.5, 0.6) is 0 Å². The Bertz CT molecular complexity index is 309. The van der Waals surface area contributed by atoms with Gasteiger partial charge in [0.2, 0.25) is 0 Å². The van der Waals surface area contributed by atoms with Gasteiger partial charge in [-0.15, -0.1) is 0 Å². The highest BCUT2D eigenvalue weighted by Gasteiger charge is 2.18. The topological polar surface area (TPSA) is 42.6 Å². The first-order valence-electron chi connectivity index (χ1n) is 4.00. The lowest BCUT2D eigenvalue weighted by molar-refractivity contribution is 0.560. The van der Waals surface area contributed by atoms with E-state index >= 15 is 0 Å². The Morgan fingerprint density at radius 3 is 2.69 bits per heavy atom. The Morgan fingerprint density at radius 1 is 1.54 bits per heavy atom. The van der Waals surface area contributed by atoms with Gasteiger partial charge < -0.3 is 4.42 Å². The minimum absolute atomic E-state index is 0.316. The first-order chi connectivity index (χ1) is 6.00. The van der Waals surface area contributed by atoms with Crippen molar-refractivity contribution in [2.24, 2.45) is 4.40 Å². The van der Waals surface area contributed by atoms with E-state index < -0.39 is 11.0 Å². The van der Waals surface area contributed by atoms with E-state index in [1.54, 1.807) is 18.4 Å². The predicted molar refractivity (Wildman–Crippen MR) is 54.2 cm³/mol. The summed E-state index contributed by atoms with van der Waals surface area (Å²) >= 11 is 0. The van der Waals surface area contributed by atoms with E-state index in [1.165, 1.54) is 6.21 Å². The highest BCUT2D eigenvalue weighted by Crippen LogP contribution is 2.12. The zero-order chi connectivity index (χ0) is 9.90. The summed E-state index contributed by atoms with van der Waals surface area (Å²) in [6.07, 6.45) is 3.04. The highest BCUT2D eigenvalue weighted by atomic mass is 32.2. The predicted octanol–water partition coefficient (Wildman–Crippen LogP) is 2.16. The third-order valence-corrected chi connectivity index (χ3v) is 2.69. The van der Waals surface area contributed by atoms with E-state index in [9.17, 15) is 4.21 Å². The molecule has 0 saturated heterocycles. The van der Waals surface area contributed by atoms with E-state index in [0.717, 1.165) is 0 Å². The van der Waals surface area contributed by atoms with Gasteiger partial charge in [0, 0.05) is 0 Å². The molecule has 1 aromatic heterocycles. The normalized spacial score (nSPS) is 15.0. The molecule has 13 heavy (non-hydrogen) atoms. The molecule has 72 valence electrons. The maximum Gasteiger partial charge on any atom is 0.145 e. The molecule has 0 radical (unpaired) electrons. The first-order valence-corrected chi connectivity index (χ1v) is 5.10. The molecule has 0 spiro atoms. The van der Waals surface area contributed by atoms with E-state index in [2.05, 4.69) is 4.40 Å². The fourth-order valence-electron chi connectivity index (χ4n) is 0.623. The van der Waals surface area contributed by atoms with Gasteiger partial charge >= 0.3 is 0 Å². The van der Waals surface area contributed by atoms with Crippen LogP contribution in [0.15, 0.2) is 27.2 Å². The van der Waals surface area contributed by atoms with Crippen molar-refractivity contribution in [2.75, 3.05) is 0 Å². The summed E-state index contributed by atoms with van der Waals surface area (Å²) in [5, 5.41) is 0. The molecule has 1 heterocycles. The van der Waals surface area contributed by atoms with Crippen molar-refractivity contribution in [3.05, 3.63) is 24.2 Å². The molecule has 3 nitrogen and oxygen atoms in total. The van der Waals surface area contributed by atoms with Gasteiger partial charge in [0.05, 0.1) is 17.2 Å². The molecule has 1 atom stereocenters. The minimum Gasteiger partial charge on any atom is -0.463 e. The van der Waals surface area contributed by atoms with E-state index in [1.807, 2.05) is 20.8 Å². The molecule has 4 heteroatoms. The summed E-state index contributed by atoms with van der Waals surface area (Å²) in [6, 6.07) is 3.53. The molecule has 1 aromatic rings. The van der Waals surface area contributed by atoms with Crippen molar-refractivity contribution < 1.29 is 8.63 Å². The Labute approximate surface area is 80.5 Å². The van der Waals surface area contributed by atoms with Gasteiger partial charge in [-0.2, -0.15) is 4.40 Å². The zero-order valence-electron chi connectivity index (χ0n) is 7.98. The summed E-state index contributed by atoms with van der Waals surface area (Å²) in [5.41, 5.74) is 0. The van der Waals surface area contributed by atoms with Crippen molar-refractivity contribution in [1.82, 2.24) is 0 Å². The van der Waals surface area contributed by atoms with E-state index in [0.29, 0.717) is 5.76 Å². The molecule has 0 aromatic carbocycles. The Balaban J connectivity index is 2.65. The van der Waals surface area contributed by atoms with Crippen LogP contribution >= 0.6 is 0 Å². The number of nitrogens with zero attached hydrogens (tertiary/aromatic N) is 1. The van der Waals surface area contributed by atoms with Gasteiger partial charge in [-0.1, -0.05) is 0 Å². The molecule has 0 bridgehead atoms. The SMILES string of the molecule is CC(C)(C)S(=O)N=Cc1ccco1. The fraction of sp³-hybridized carbons (Fsp3) is 0.444. The zero-order valence-corrected chi connectivity index (χ0v) is 8.80. The van der Waals surface area contributed by atoms with Gasteiger partial charge in [0.1, 0.15) is 16.7 Å². The molecule has 0 saturated carbocycles. The van der Waals surface area contributed by atoms with E-state index in [4.69, 9.17) is 4.42 Å². The van der Waals surface area contributed by atoms with Crippen LogP contribution in [0.4, 0.5) is 0 Å². The van der Waals surface area contributed by atoms with Crippen LogP contribution in [0, 0.1) is 0 Å². The van der Waals surface area contributed by atoms with Crippen molar-refractivity contribution in [3.8, 4) is 0 Å². The maximum absolute atomic E-state index is 11.4. The first kappa shape index (κ1) is 10.2. The number of rotatable bonds is 2. The minimum atomic E-state index is -1.21.